The third-order valence-electron chi connectivity index (χ3n) is 6.22. The Labute approximate surface area is 216 Å². The first kappa shape index (κ1) is 29.0. The van der Waals surface area contributed by atoms with Crippen molar-refractivity contribution in [2.24, 2.45) is 4.99 Å². The van der Waals surface area contributed by atoms with Crippen LogP contribution in [-0.4, -0.2) is 16.9 Å². The van der Waals surface area contributed by atoms with Crippen molar-refractivity contribution in [3.05, 3.63) is 58.8 Å². The van der Waals surface area contributed by atoms with E-state index in [0.29, 0.717) is 23.2 Å². The lowest BCUT2D eigenvalue weighted by Gasteiger charge is -2.18. The van der Waals surface area contributed by atoms with Crippen LogP contribution in [0.1, 0.15) is 108 Å². The molecule has 0 spiro atoms. The minimum Gasteiger partial charge on any atom is -0.351 e. The van der Waals surface area contributed by atoms with Crippen LogP contribution in [0.2, 0.25) is 0 Å². The number of halogens is 1. The van der Waals surface area contributed by atoms with E-state index in [1.54, 1.807) is 17.4 Å². The van der Waals surface area contributed by atoms with Crippen molar-refractivity contribution in [1.29, 1.82) is 0 Å². The molecule has 0 amide bonds. The first-order chi connectivity index (χ1) is 17.0. The normalized spacial score (nSPS) is 14.8. The molecule has 3 rings (SSSR count). The van der Waals surface area contributed by atoms with Crippen LogP contribution in [0.3, 0.4) is 0 Å². The second-order valence-corrected chi connectivity index (χ2v) is 10.0. The summed E-state index contributed by atoms with van der Waals surface area (Å²) in [5.41, 5.74) is 2.08. The van der Waals surface area contributed by atoms with Crippen LogP contribution >= 0.6 is 11.3 Å². The molecule has 1 aliphatic rings. The molecule has 35 heavy (non-hydrogen) atoms. The quantitative estimate of drug-likeness (QED) is 0.201. The molecule has 1 heterocycles. The molecule has 1 fully saturated rings. The van der Waals surface area contributed by atoms with Crippen LogP contribution in [0.4, 0.5) is 4.39 Å². The predicted molar refractivity (Wildman–Crippen MR) is 153 cm³/mol. The molecule has 1 aliphatic carbocycles. The Kier molecular flexibility index (Phi) is 13.0. The second kappa shape index (κ2) is 15.7. The molecule has 0 unspecified atom stereocenters. The summed E-state index contributed by atoms with van der Waals surface area (Å²) in [6, 6.07) is 7.33. The lowest BCUT2D eigenvalue weighted by molar-refractivity contribution is 0.442. The number of allylic oxidation sites excluding steroid dienone is 2. The van der Waals surface area contributed by atoms with Crippen molar-refractivity contribution >= 4 is 22.7 Å². The molecule has 1 aromatic carbocycles. The molecule has 0 atom stereocenters. The van der Waals surface area contributed by atoms with Gasteiger partial charge in [-0.3, -0.25) is 4.99 Å². The fourth-order valence-corrected chi connectivity index (χ4v) is 5.71. The van der Waals surface area contributed by atoms with Gasteiger partial charge in [0.1, 0.15) is 5.82 Å². The van der Waals surface area contributed by atoms with Crippen molar-refractivity contribution < 1.29 is 4.39 Å². The maximum absolute atomic E-state index is 14.7. The summed E-state index contributed by atoms with van der Waals surface area (Å²) >= 11 is 1.66. The zero-order chi connectivity index (χ0) is 25.6. The molecular formula is C30H44FN3S. The lowest BCUT2D eigenvalue weighted by Crippen LogP contribution is -2.18. The Bertz CT molecular complexity index is 964. The van der Waals surface area contributed by atoms with Gasteiger partial charge in [-0.25, -0.2) is 9.37 Å². The second-order valence-electron chi connectivity index (χ2n) is 8.99. The van der Waals surface area contributed by atoms with E-state index in [1.165, 1.54) is 38.2 Å². The molecule has 3 nitrogen and oxygen atoms in total. The number of aromatic nitrogens is 1. The van der Waals surface area contributed by atoms with Crippen LogP contribution in [0.15, 0.2) is 48.1 Å². The molecule has 1 aromatic heterocycles. The van der Waals surface area contributed by atoms with E-state index < -0.39 is 0 Å². The molecule has 0 saturated heterocycles. The zero-order valence-corrected chi connectivity index (χ0v) is 23.2. The van der Waals surface area contributed by atoms with Crippen molar-refractivity contribution in [1.82, 2.24) is 10.3 Å². The summed E-state index contributed by atoms with van der Waals surface area (Å²) in [6.45, 7) is 14.7. The number of hydrogen-bond donors (Lipinski definition) is 1. The number of hydrogen-bond acceptors (Lipinski definition) is 3. The molecule has 1 N–H and O–H groups in total. The molecule has 0 aliphatic heterocycles. The molecule has 2 aromatic rings. The van der Waals surface area contributed by atoms with Gasteiger partial charge in [0.15, 0.2) is 0 Å². The summed E-state index contributed by atoms with van der Waals surface area (Å²) in [5.74, 6) is 1.09. The Morgan fingerprint density at radius 2 is 1.83 bits per heavy atom. The van der Waals surface area contributed by atoms with Gasteiger partial charge >= 0.3 is 0 Å². The summed E-state index contributed by atoms with van der Waals surface area (Å²) in [7, 11) is 0. The standard InChI is InChI=1S/C28H38FN3S.C2H6/c1-5-12-22(13-6-2)28-32-26(24-16-10-11-17-25(24)29)27(33-28)20(3)18-19-30-21(4)31-23-14-8-7-9-15-23;1-2/h10-11,16-19,22-23H,3,5-9,12-15H2,1-2,4H3,(H,30,31);1-2H3/b19-18-;. The first-order valence-electron chi connectivity index (χ1n) is 13.5. The molecule has 1 saturated carbocycles. The van der Waals surface area contributed by atoms with E-state index in [2.05, 4.69) is 25.7 Å². The number of rotatable bonds is 10. The highest BCUT2D eigenvalue weighted by atomic mass is 32.1. The maximum atomic E-state index is 14.7. The van der Waals surface area contributed by atoms with Gasteiger partial charge in [0.25, 0.3) is 0 Å². The van der Waals surface area contributed by atoms with Crippen LogP contribution in [0.25, 0.3) is 16.8 Å². The van der Waals surface area contributed by atoms with E-state index in [9.17, 15) is 4.39 Å². The molecule has 0 radical (unpaired) electrons. The molecular weight excluding hydrogens is 453 g/mol. The van der Waals surface area contributed by atoms with Crippen molar-refractivity contribution in [3.63, 3.8) is 0 Å². The lowest BCUT2D eigenvalue weighted by atomic mass is 9.96. The minimum atomic E-state index is -0.247. The summed E-state index contributed by atoms with van der Waals surface area (Å²) < 4.78 is 14.7. The largest absolute Gasteiger partial charge is 0.351 e. The third-order valence-corrected chi connectivity index (χ3v) is 7.51. The van der Waals surface area contributed by atoms with Crippen LogP contribution in [0, 0.1) is 5.82 Å². The van der Waals surface area contributed by atoms with Gasteiger partial charge < -0.3 is 5.32 Å². The average Bonchev–Trinajstić information content (AvgIpc) is 3.31. The third kappa shape index (κ3) is 8.71. The highest BCUT2D eigenvalue weighted by Gasteiger charge is 2.21. The van der Waals surface area contributed by atoms with E-state index in [-0.39, 0.29) is 5.82 Å². The number of amidine groups is 1. The Morgan fingerprint density at radius 1 is 1.17 bits per heavy atom. The van der Waals surface area contributed by atoms with E-state index in [1.807, 2.05) is 45.2 Å². The van der Waals surface area contributed by atoms with E-state index in [0.717, 1.165) is 47.0 Å². The highest BCUT2D eigenvalue weighted by molar-refractivity contribution is 7.13. The summed E-state index contributed by atoms with van der Waals surface area (Å²) in [5, 5.41) is 4.38. The number of aliphatic imine (C=N–C) groups is 1. The monoisotopic (exact) mass is 497 g/mol. The van der Waals surface area contributed by atoms with Crippen LogP contribution in [0.5, 0.6) is 0 Å². The molecule has 192 valence electrons. The first-order valence-corrected chi connectivity index (χ1v) is 14.3. The minimum absolute atomic E-state index is 0.247. The fourth-order valence-electron chi connectivity index (χ4n) is 4.51. The average molecular weight is 498 g/mol. The SMILES string of the molecule is C=C(/C=C\NC(C)=NC1CCCCC1)c1sc(C(CCC)CCC)nc1-c1ccccc1F.CC. The van der Waals surface area contributed by atoms with E-state index in [4.69, 9.17) is 9.98 Å². The van der Waals surface area contributed by atoms with Crippen LogP contribution in [-0.2, 0) is 0 Å². The number of benzene rings is 1. The summed E-state index contributed by atoms with van der Waals surface area (Å²) in [6.07, 6.45) is 14.5. The van der Waals surface area contributed by atoms with Crippen molar-refractivity contribution in [3.8, 4) is 11.3 Å². The molecule has 0 bridgehead atoms. The highest BCUT2D eigenvalue weighted by Crippen LogP contribution is 2.39. The number of thiazole rings is 1. The molecule has 5 heteroatoms. The van der Waals surface area contributed by atoms with Crippen molar-refractivity contribution in [2.45, 2.75) is 104 Å². The Morgan fingerprint density at radius 3 is 2.46 bits per heavy atom. The summed E-state index contributed by atoms with van der Waals surface area (Å²) in [4.78, 5) is 10.7. The number of nitrogens with zero attached hydrogens (tertiary/aromatic N) is 2. The Hall–Kier alpha value is -2.27. The van der Waals surface area contributed by atoms with Gasteiger partial charge in [0, 0.05) is 17.7 Å². The van der Waals surface area contributed by atoms with Gasteiger partial charge in [-0.1, -0.05) is 78.5 Å². The van der Waals surface area contributed by atoms with Gasteiger partial charge in [0.05, 0.1) is 27.5 Å². The fraction of sp³-hybridized carbons (Fsp3) is 0.533. The van der Waals surface area contributed by atoms with E-state index >= 15 is 0 Å². The maximum Gasteiger partial charge on any atom is 0.132 e. The zero-order valence-electron chi connectivity index (χ0n) is 22.4. The number of nitrogens with one attached hydrogen (secondary N) is 1. The van der Waals surface area contributed by atoms with Gasteiger partial charge in [0.2, 0.25) is 0 Å². The Balaban J connectivity index is 0.00000210. The predicted octanol–water partition coefficient (Wildman–Crippen LogP) is 9.53. The van der Waals surface area contributed by atoms with Gasteiger partial charge in [-0.15, -0.1) is 11.3 Å². The van der Waals surface area contributed by atoms with Gasteiger partial charge in [-0.05, 0) is 56.4 Å². The van der Waals surface area contributed by atoms with Crippen molar-refractivity contribution in [2.75, 3.05) is 0 Å². The van der Waals surface area contributed by atoms with Crippen LogP contribution < -0.4 is 5.32 Å². The van der Waals surface area contributed by atoms with Gasteiger partial charge in [-0.2, -0.15) is 0 Å². The topological polar surface area (TPSA) is 37.3 Å². The smallest absolute Gasteiger partial charge is 0.132 e.